The summed E-state index contributed by atoms with van der Waals surface area (Å²) in [4.78, 5) is 26.4. The van der Waals surface area contributed by atoms with Crippen molar-refractivity contribution in [3.05, 3.63) is 70.8 Å². The largest absolute Gasteiger partial charge is 0.481 e. The summed E-state index contributed by atoms with van der Waals surface area (Å²) in [5, 5.41) is 20.6. The standard InChI is InChI=1S/C22H25NO4/c1-15-8-9-18(12-16(15)2)20(25)23-11-10-22(21(26)27,19(24)14-23)13-17-6-4-3-5-7-17/h3-9,12,19,24H,10-11,13-14H2,1-2H3,(H,26,27)/t19-,22+/m0/s1. The molecule has 1 aliphatic rings. The van der Waals surface area contributed by atoms with Crippen LogP contribution in [0.4, 0.5) is 0 Å². The van der Waals surface area contributed by atoms with Gasteiger partial charge in [-0.05, 0) is 55.5 Å². The minimum atomic E-state index is -1.28. The number of piperidine rings is 1. The molecule has 2 aromatic carbocycles. The van der Waals surface area contributed by atoms with E-state index in [1.807, 2.05) is 56.3 Å². The lowest BCUT2D eigenvalue weighted by Gasteiger charge is -2.43. The number of carboxylic acid groups (broad SMARTS) is 1. The van der Waals surface area contributed by atoms with Crippen LogP contribution in [0.2, 0.25) is 0 Å². The smallest absolute Gasteiger partial charge is 0.312 e. The van der Waals surface area contributed by atoms with Gasteiger partial charge in [-0.2, -0.15) is 0 Å². The number of nitrogens with zero attached hydrogens (tertiary/aromatic N) is 1. The lowest BCUT2D eigenvalue weighted by atomic mass is 9.71. The van der Waals surface area contributed by atoms with E-state index in [4.69, 9.17) is 0 Å². The number of carboxylic acids is 1. The van der Waals surface area contributed by atoms with Gasteiger partial charge < -0.3 is 15.1 Å². The maximum absolute atomic E-state index is 12.8. The Kier molecular flexibility index (Phi) is 5.33. The molecule has 27 heavy (non-hydrogen) atoms. The van der Waals surface area contributed by atoms with Crippen molar-refractivity contribution in [1.82, 2.24) is 4.90 Å². The van der Waals surface area contributed by atoms with Crippen LogP contribution in [-0.2, 0) is 11.2 Å². The molecule has 2 atom stereocenters. The molecule has 5 nitrogen and oxygen atoms in total. The Hall–Kier alpha value is -2.66. The van der Waals surface area contributed by atoms with Crippen molar-refractivity contribution in [2.45, 2.75) is 32.8 Å². The van der Waals surface area contributed by atoms with Gasteiger partial charge in [-0.15, -0.1) is 0 Å². The molecule has 1 amide bonds. The highest BCUT2D eigenvalue weighted by atomic mass is 16.4. The van der Waals surface area contributed by atoms with Crippen LogP contribution in [0.5, 0.6) is 0 Å². The summed E-state index contributed by atoms with van der Waals surface area (Å²) in [5.74, 6) is -1.19. The minimum Gasteiger partial charge on any atom is -0.481 e. The van der Waals surface area contributed by atoms with Crippen molar-refractivity contribution in [2.75, 3.05) is 13.1 Å². The Bertz CT molecular complexity index is 849. The molecule has 0 aliphatic carbocycles. The fraction of sp³-hybridized carbons (Fsp3) is 0.364. The molecule has 142 valence electrons. The van der Waals surface area contributed by atoms with Gasteiger partial charge in [-0.3, -0.25) is 9.59 Å². The zero-order chi connectivity index (χ0) is 19.6. The summed E-state index contributed by atoms with van der Waals surface area (Å²) in [6, 6.07) is 14.8. The molecule has 1 fully saturated rings. The number of carbonyl (C=O) groups is 2. The summed E-state index contributed by atoms with van der Waals surface area (Å²) >= 11 is 0. The number of carbonyl (C=O) groups excluding carboxylic acids is 1. The van der Waals surface area contributed by atoms with Crippen molar-refractivity contribution in [1.29, 1.82) is 0 Å². The first kappa shape index (κ1) is 19.1. The Morgan fingerprint density at radius 3 is 2.41 bits per heavy atom. The van der Waals surface area contributed by atoms with E-state index in [0.29, 0.717) is 12.1 Å². The third-order valence-corrected chi connectivity index (χ3v) is 5.69. The average molecular weight is 367 g/mol. The quantitative estimate of drug-likeness (QED) is 0.871. The van der Waals surface area contributed by atoms with Crippen LogP contribution in [0.25, 0.3) is 0 Å². The molecule has 0 spiro atoms. The zero-order valence-corrected chi connectivity index (χ0v) is 15.7. The molecular weight excluding hydrogens is 342 g/mol. The van der Waals surface area contributed by atoms with Gasteiger partial charge in [0.1, 0.15) is 5.41 Å². The number of amides is 1. The van der Waals surface area contributed by atoms with E-state index in [-0.39, 0.29) is 25.3 Å². The Labute approximate surface area is 159 Å². The first-order valence-electron chi connectivity index (χ1n) is 9.15. The van der Waals surface area contributed by atoms with Gasteiger partial charge in [0.25, 0.3) is 5.91 Å². The first-order chi connectivity index (χ1) is 12.8. The molecule has 0 unspecified atom stereocenters. The summed E-state index contributed by atoms with van der Waals surface area (Å²) in [5.41, 5.74) is 2.30. The molecule has 1 heterocycles. The zero-order valence-electron chi connectivity index (χ0n) is 15.7. The highest BCUT2D eigenvalue weighted by molar-refractivity contribution is 5.94. The topological polar surface area (TPSA) is 77.8 Å². The summed E-state index contributed by atoms with van der Waals surface area (Å²) in [6.07, 6.45) is -0.662. The van der Waals surface area contributed by atoms with E-state index in [1.165, 1.54) is 0 Å². The highest BCUT2D eigenvalue weighted by Crippen LogP contribution is 2.36. The lowest BCUT2D eigenvalue weighted by Crippen LogP contribution is -2.57. The number of aliphatic hydroxyl groups is 1. The summed E-state index contributed by atoms with van der Waals surface area (Å²) in [7, 11) is 0. The second kappa shape index (κ2) is 7.53. The molecule has 0 bridgehead atoms. The number of aryl methyl sites for hydroxylation is 2. The third-order valence-electron chi connectivity index (χ3n) is 5.69. The number of β-amino-alcohol motifs (C(OH)–C–C–N with tert-alkyl or cyclic N) is 1. The van der Waals surface area contributed by atoms with Gasteiger partial charge in [-0.25, -0.2) is 0 Å². The van der Waals surface area contributed by atoms with Gasteiger partial charge in [0.05, 0.1) is 6.10 Å². The Morgan fingerprint density at radius 1 is 1.11 bits per heavy atom. The van der Waals surface area contributed by atoms with Crippen LogP contribution in [0.3, 0.4) is 0 Å². The summed E-state index contributed by atoms with van der Waals surface area (Å²) < 4.78 is 0. The predicted molar refractivity (Wildman–Crippen MR) is 103 cm³/mol. The molecule has 0 radical (unpaired) electrons. The number of rotatable bonds is 4. The Balaban J connectivity index is 1.79. The molecule has 3 rings (SSSR count). The number of likely N-dealkylation sites (tertiary alicyclic amines) is 1. The molecular formula is C22H25NO4. The van der Waals surface area contributed by atoms with Gasteiger partial charge in [0.15, 0.2) is 0 Å². The van der Waals surface area contributed by atoms with Crippen molar-refractivity contribution in [2.24, 2.45) is 5.41 Å². The third kappa shape index (κ3) is 3.74. The molecule has 0 saturated carbocycles. The number of aliphatic carboxylic acids is 1. The van der Waals surface area contributed by atoms with Gasteiger partial charge in [-0.1, -0.05) is 36.4 Å². The molecule has 2 N–H and O–H groups in total. The maximum Gasteiger partial charge on any atom is 0.312 e. The maximum atomic E-state index is 12.8. The monoisotopic (exact) mass is 367 g/mol. The molecule has 2 aromatic rings. The predicted octanol–water partition coefficient (Wildman–Crippen LogP) is 2.82. The van der Waals surface area contributed by atoms with E-state index in [0.717, 1.165) is 16.7 Å². The van der Waals surface area contributed by atoms with Crippen molar-refractivity contribution in [3.63, 3.8) is 0 Å². The van der Waals surface area contributed by atoms with Crippen LogP contribution in [0.1, 0.15) is 33.5 Å². The van der Waals surface area contributed by atoms with Crippen LogP contribution in [0.15, 0.2) is 48.5 Å². The SMILES string of the molecule is Cc1ccc(C(=O)N2CC[C@](Cc3ccccc3)(C(=O)O)[C@@H](O)C2)cc1C. The van der Waals surface area contributed by atoms with E-state index in [2.05, 4.69) is 0 Å². The number of hydrogen-bond donors (Lipinski definition) is 2. The van der Waals surface area contributed by atoms with Gasteiger partial charge in [0, 0.05) is 18.7 Å². The number of benzene rings is 2. The first-order valence-corrected chi connectivity index (χ1v) is 9.15. The second-order valence-corrected chi connectivity index (χ2v) is 7.44. The fourth-order valence-corrected chi connectivity index (χ4v) is 3.71. The number of hydrogen-bond acceptors (Lipinski definition) is 3. The molecule has 1 saturated heterocycles. The van der Waals surface area contributed by atoms with E-state index < -0.39 is 17.5 Å². The minimum absolute atomic E-state index is 0.0187. The van der Waals surface area contributed by atoms with Crippen molar-refractivity contribution >= 4 is 11.9 Å². The number of aliphatic hydroxyl groups excluding tert-OH is 1. The normalized spacial score (nSPS) is 22.5. The molecule has 1 aliphatic heterocycles. The van der Waals surface area contributed by atoms with E-state index in [9.17, 15) is 19.8 Å². The Morgan fingerprint density at radius 2 is 1.81 bits per heavy atom. The van der Waals surface area contributed by atoms with Crippen molar-refractivity contribution < 1.29 is 19.8 Å². The van der Waals surface area contributed by atoms with Crippen LogP contribution >= 0.6 is 0 Å². The average Bonchev–Trinajstić information content (AvgIpc) is 2.65. The fourth-order valence-electron chi connectivity index (χ4n) is 3.71. The van der Waals surface area contributed by atoms with E-state index in [1.54, 1.807) is 11.0 Å². The second-order valence-electron chi connectivity index (χ2n) is 7.44. The lowest BCUT2D eigenvalue weighted by molar-refractivity contribution is -0.161. The van der Waals surface area contributed by atoms with Crippen LogP contribution in [0, 0.1) is 19.3 Å². The highest BCUT2D eigenvalue weighted by Gasteiger charge is 2.49. The van der Waals surface area contributed by atoms with Crippen LogP contribution < -0.4 is 0 Å². The summed E-state index contributed by atoms with van der Waals surface area (Å²) in [6.45, 7) is 4.26. The van der Waals surface area contributed by atoms with E-state index >= 15 is 0 Å². The van der Waals surface area contributed by atoms with Gasteiger partial charge >= 0.3 is 5.97 Å². The molecule has 0 aromatic heterocycles. The molecule has 5 heteroatoms. The van der Waals surface area contributed by atoms with Crippen LogP contribution in [-0.4, -0.2) is 46.2 Å². The van der Waals surface area contributed by atoms with Gasteiger partial charge in [0.2, 0.25) is 0 Å². The van der Waals surface area contributed by atoms with Crippen molar-refractivity contribution in [3.8, 4) is 0 Å².